The van der Waals surface area contributed by atoms with Crippen molar-refractivity contribution in [3.63, 3.8) is 0 Å². The molecule has 20 heavy (non-hydrogen) atoms. The average molecular weight is 279 g/mol. The summed E-state index contributed by atoms with van der Waals surface area (Å²) in [7, 11) is 0. The van der Waals surface area contributed by atoms with Crippen LogP contribution in [-0.4, -0.2) is 36.2 Å². The minimum absolute atomic E-state index is 0.215. The number of nitrogens with one attached hydrogen (secondary N) is 1. The first-order valence-electron chi connectivity index (χ1n) is 6.43. The molecule has 0 fully saturated rings. The monoisotopic (exact) mass is 279 g/mol. The van der Waals surface area contributed by atoms with Crippen molar-refractivity contribution in [1.29, 1.82) is 0 Å². The highest BCUT2D eigenvalue weighted by Gasteiger charge is 2.27. The van der Waals surface area contributed by atoms with Crippen LogP contribution in [0.25, 0.3) is 0 Å². The highest BCUT2D eigenvalue weighted by molar-refractivity contribution is 5.99. The van der Waals surface area contributed by atoms with E-state index in [9.17, 15) is 9.59 Å². The van der Waals surface area contributed by atoms with Gasteiger partial charge in [0.1, 0.15) is 19.3 Å². The number of carboxylic acid groups (broad SMARTS) is 1. The minimum atomic E-state index is -1.06. The Balaban J connectivity index is 2.23. The van der Waals surface area contributed by atoms with E-state index in [0.717, 1.165) is 0 Å². The third kappa shape index (κ3) is 2.84. The van der Waals surface area contributed by atoms with Crippen molar-refractivity contribution >= 4 is 11.9 Å². The summed E-state index contributed by atoms with van der Waals surface area (Å²) in [5.41, 5.74) is 0.286. The normalized spacial score (nSPS) is 14.8. The lowest BCUT2D eigenvalue weighted by atomic mass is 10.0. The molecule has 0 spiro atoms. The summed E-state index contributed by atoms with van der Waals surface area (Å²) in [6.45, 7) is 4.27. The van der Waals surface area contributed by atoms with Gasteiger partial charge in [0.05, 0.1) is 5.56 Å². The minimum Gasteiger partial charge on any atom is -0.486 e. The van der Waals surface area contributed by atoms with Crippen LogP contribution >= 0.6 is 0 Å². The summed E-state index contributed by atoms with van der Waals surface area (Å²) >= 11 is 0. The molecule has 1 amide bonds. The van der Waals surface area contributed by atoms with E-state index < -0.39 is 17.9 Å². The maximum atomic E-state index is 12.2. The van der Waals surface area contributed by atoms with Crippen LogP contribution in [0.1, 0.15) is 24.2 Å². The largest absolute Gasteiger partial charge is 0.486 e. The highest BCUT2D eigenvalue weighted by atomic mass is 16.6. The number of ether oxygens (including phenoxy) is 2. The number of aliphatic carboxylic acids is 1. The Labute approximate surface area is 116 Å². The van der Waals surface area contributed by atoms with Gasteiger partial charge in [0.15, 0.2) is 11.5 Å². The van der Waals surface area contributed by atoms with E-state index in [1.807, 2.05) is 0 Å². The second-order valence-electron chi connectivity index (χ2n) is 4.86. The Kier molecular flexibility index (Phi) is 4.12. The molecule has 6 nitrogen and oxygen atoms in total. The SMILES string of the molecule is CC(C)[C@H](NC(=O)c1cccc2c1OCCO2)C(=O)O. The molecule has 108 valence electrons. The van der Waals surface area contributed by atoms with Crippen LogP contribution in [0.4, 0.5) is 0 Å². The third-order valence-electron chi connectivity index (χ3n) is 3.03. The van der Waals surface area contributed by atoms with Gasteiger partial charge in [-0.2, -0.15) is 0 Å². The van der Waals surface area contributed by atoms with Crippen molar-refractivity contribution in [1.82, 2.24) is 5.32 Å². The molecule has 1 aliphatic heterocycles. The highest BCUT2D eigenvalue weighted by Crippen LogP contribution is 2.33. The van der Waals surface area contributed by atoms with Gasteiger partial charge in [-0.3, -0.25) is 4.79 Å². The molecule has 6 heteroatoms. The Bertz CT molecular complexity index is 526. The lowest BCUT2D eigenvalue weighted by molar-refractivity contribution is -0.140. The Morgan fingerprint density at radius 3 is 2.60 bits per heavy atom. The van der Waals surface area contributed by atoms with Crippen LogP contribution in [0, 0.1) is 5.92 Å². The van der Waals surface area contributed by atoms with Crippen LogP contribution < -0.4 is 14.8 Å². The molecule has 1 aromatic carbocycles. The predicted octanol–water partition coefficient (Wildman–Crippen LogP) is 1.30. The van der Waals surface area contributed by atoms with Gasteiger partial charge < -0.3 is 19.9 Å². The van der Waals surface area contributed by atoms with E-state index in [1.54, 1.807) is 32.0 Å². The van der Waals surface area contributed by atoms with Crippen LogP contribution in [-0.2, 0) is 4.79 Å². The second kappa shape index (κ2) is 5.81. The van der Waals surface area contributed by atoms with Crippen molar-refractivity contribution in [2.45, 2.75) is 19.9 Å². The molecule has 0 bridgehead atoms. The Hall–Kier alpha value is -2.24. The molecular formula is C14H17NO5. The summed E-state index contributed by atoms with van der Waals surface area (Å²) in [6, 6.07) is 4.03. The second-order valence-corrected chi connectivity index (χ2v) is 4.86. The van der Waals surface area contributed by atoms with Crippen LogP contribution in [0.2, 0.25) is 0 Å². The lowest BCUT2D eigenvalue weighted by Crippen LogP contribution is -2.44. The zero-order chi connectivity index (χ0) is 14.7. The fraction of sp³-hybridized carbons (Fsp3) is 0.429. The number of fused-ring (bicyclic) bond motifs is 1. The maximum Gasteiger partial charge on any atom is 0.326 e. The number of hydrogen-bond acceptors (Lipinski definition) is 4. The topological polar surface area (TPSA) is 84.9 Å². The molecule has 1 aromatic rings. The Morgan fingerprint density at radius 2 is 1.95 bits per heavy atom. The first-order valence-corrected chi connectivity index (χ1v) is 6.43. The summed E-state index contributed by atoms with van der Waals surface area (Å²) in [6.07, 6.45) is 0. The summed E-state index contributed by atoms with van der Waals surface area (Å²) in [5.74, 6) is -0.888. The van der Waals surface area contributed by atoms with Crippen molar-refractivity contribution in [2.75, 3.05) is 13.2 Å². The van der Waals surface area contributed by atoms with Gasteiger partial charge in [-0.05, 0) is 18.1 Å². The van der Waals surface area contributed by atoms with Gasteiger partial charge in [0, 0.05) is 0 Å². The molecule has 1 aliphatic rings. The molecule has 1 heterocycles. The van der Waals surface area contributed by atoms with Crippen molar-refractivity contribution in [3.05, 3.63) is 23.8 Å². The Morgan fingerprint density at radius 1 is 1.25 bits per heavy atom. The smallest absolute Gasteiger partial charge is 0.326 e. The standard InChI is InChI=1S/C14H17NO5/c1-8(2)11(14(17)18)15-13(16)9-4-3-5-10-12(9)20-7-6-19-10/h3-5,8,11H,6-7H2,1-2H3,(H,15,16)(H,17,18)/t11-/m0/s1. The van der Waals surface area contributed by atoms with E-state index >= 15 is 0 Å². The lowest BCUT2D eigenvalue weighted by Gasteiger charge is -2.22. The number of carbonyl (C=O) groups excluding carboxylic acids is 1. The van der Waals surface area contributed by atoms with Crippen molar-refractivity contribution in [2.24, 2.45) is 5.92 Å². The first kappa shape index (κ1) is 14.2. The van der Waals surface area contributed by atoms with E-state index in [1.165, 1.54) is 0 Å². The predicted molar refractivity (Wildman–Crippen MR) is 71.2 cm³/mol. The number of benzene rings is 1. The molecule has 0 aliphatic carbocycles. The molecule has 0 radical (unpaired) electrons. The summed E-state index contributed by atoms with van der Waals surface area (Å²) in [5, 5.41) is 11.6. The van der Waals surface area contributed by atoms with Crippen LogP contribution in [0.5, 0.6) is 11.5 Å². The zero-order valence-corrected chi connectivity index (χ0v) is 11.4. The third-order valence-corrected chi connectivity index (χ3v) is 3.03. The maximum absolute atomic E-state index is 12.2. The summed E-state index contributed by atoms with van der Waals surface area (Å²) in [4.78, 5) is 23.4. The number of hydrogen-bond donors (Lipinski definition) is 2. The molecule has 0 saturated heterocycles. The molecule has 1 atom stereocenters. The molecule has 0 unspecified atom stereocenters. The molecule has 0 saturated carbocycles. The number of amides is 1. The van der Waals surface area contributed by atoms with Crippen molar-refractivity contribution in [3.8, 4) is 11.5 Å². The molecule has 0 aromatic heterocycles. The average Bonchev–Trinajstić information content (AvgIpc) is 2.43. The van der Waals surface area contributed by atoms with E-state index in [4.69, 9.17) is 14.6 Å². The summed E-state index contributed by atoms with van der Waals surface area (Å²) < 4.78 is 10.8. The fourth-order valence-electron chi connectivity index (χ4n) is 1.99. The van der Waals surface area contributed by atoms with Crippen molar-refractivity contribution < 1.29 is 24.2 Å². The molecule has 2 rings (SSSR count). The van der Waals surface area contributed by atoms with Gasteiger partial charge in [-0.25, -0.2) is 4.79 Å². The fourth-order valence-corrected chi connectivity index (χ4v) is 1.99. The number of para-hydroxylation sites is 1. The number of carboxylic acids is 1. The van der Waals surface area contributed by atoms with Gasteiger partial charge in [0.2, 0.25) is 0 Å². The number of rotatable bonds is 4. The van der Waals surface area contributed by atoms with Crippen LogP contribution in [0.15, 0.2) is 18.2 Å². The molecular weight excluding hydrogens is 262 g/mol. The van der Waals surface area contributed by atoms with E-state index in [0.29, 0.717) is 24.7 Å². The quantitative estimate of drug-likeness (QED) is 0.867. The van der Waals surface area contributed by atoms with Crippen LogP contribution in [0.3, 0.4) is 0 Å². The molecule has 2 N–H and O–H groups in total. The van der Waals surface area contributed by atoms with Gasteiger partial charge in [-0.15, -0.1) is 0 Å². The van der Waals surface area contributed by atoms with Gasteiger partial charge >= 0.3 is 5.97 Å². The van der Waals surface area contributed by atoms with E-state index in [-0.39, 0.29) is 11.5 Å². The first-order chi connectivity index (χ1) is 9.50. The zero-order valence-electron chi connectivity index (χ0n) is 11.4. The van der Waals surface area contributed by atoms with Gasteiger partial charge in [0.25, 0.3) is 5.91 Å². The number of carbonyl (C=O) groups is 2. The van der Waals surface area contributed by atoms with Gasteiger partial charge in [-0.1, -0.05) is 19.9 Å². The van der Waals surface area contributed by atoms with E-state index in [2.05, 4.69) is 5.32 Å².